The van der Waals surface area contributed by atoms with Crippen LogP contribution < -0.4 is 10.4 Å². The zero-order valence-corrected chi connectivity index (χ0v) is 18.1. The van der Waals surface area contributed by atoms with Crippen LogP contribution in [0.15, 0.2) is 51.4 Å². The Labute approximate surface area is 183 Å². The van der Waals surface area contributed by atoms with E-state index in [9.17, 15) is 9.18 Å². The molecule has 1 aliphatic rings. The van der Waals surface area contributed by atoms with Crippen LogP contribution >= 0.6 is 0 Å². The van der Waals surface area contributed by atoms with Crippen molar-refractivity contribution < 1.29 is 13.9 Å². The minimum Gasteiger partial charge on any atom is -0.492 e. The molecule has 0 fully saturated rings. The van der Waals surface area contributed by atoms with Crippen LogP contribution in [0.5, 0.6) is 5.75 Å². The summed E-state index contributed by atoms with van der Waals surface area (Å²) < 4.78 is 27.3. The van der Waals surface area contributed by atoms with Crippen molar-refractivity contribution in [2.75, 3.05) is 6.61 Å². The number of fused-ring (bicyclic) bond motifs is 1. The van der Waals surface area contributed by atoms with Crippen LogP contribution in [-0.4, -0.2) is 38.0 Å². The molecule has 3 aromatic rings. The average Bonchev–Trinajstić information content (AvgIpc) is 3.12. The molecule has 1 aliphatic heterocycles. The summed E-state index contributed by atoms with van der Waals surface area (Å²) in [5, 5.41) is 16.4. The number of hydrogen-bond acceptors (Lipinski definition) is 7. The maximum absolute atomic E-state index is 13.5. The van der Waals surface area contributed by atoms with E-state index in [-0.39, 0.29) is 18.1 Å². The van der Waals surface area contributed by atoms with Crippen LogP contribution in [0.25, 0.3) is 5.69 Å². The molecule has 0 aliphatic carbocycles. The highest BCUT2D eigenvalue weighted by molar-refractivity contribution is 6.03. The molecular formula is C22H23FN6O3. The van der Waals surface area contributed by atoms with Gasteiger partial charge in [-0.15, -0.1) is 5.10 Å². The van der Waals surface area contributed by atoms with Gasteiger partial charge in [0.05, 0.1) is 18.0 Å². The predicted octanol–water partition coefficient (Wildman–Crippen LogP) is 2.93. The standard InChI is InChI=1S/C22H23FN6O3/c1-4-21(25-24-18-10-11-31-20-12-15(23)8-9-16(18)20)32-13-17-14(2)6-5-7-19(17)29-22(30)28(3)26-27-29/h5-9,12H,4,10-11,13H2,1-3H3. The number of ether oxygens (including phenoxy) is 2. The number of nitrogens with zero attached hydrogens (tertiary/aromatic N) is 6. The summed E-state index contributed by atoms with van der Waals surface area (Å²) in [5.41, 5.74) is 3.44. The van der Waals surface area contributed by atoms with E-state index < -0.39 is 0 Å². The third-order valence-electron chi connectivity index (χ3n) is 5.15. The molecule has 4 rings (SSSR count). The summed E-state index contributed by atoms with van der Waals surface area (Å²) in [5.74, 6) is 0.541. The zero-order chi connectivity index (χ0) is 22.7. The first-order valence-electron chi connectivity index (χ1n) is 10.2. The lowest BCUT2D eigenvalue weighted by atomic mass is 10.0. The number of tetrazole rings is 1. The molecule has 10 heteroatoms. The summed E-state index contributed by atoms with van der Waals surface area (Å²) in [4.78, 5) is 12.3. The molecule has 0 unspecified atom stereocenters. The minimum atomic E-state index is -0.359. The summed E-state index contributed by atoms with van der Waals surface area (Å²) in [6.07, 6.45) is 1.09. The van der Waals surface area contributed by atoms with Gasteiger partial charge in [-0.25, -0.2) is 9.18 Å². The number of rotatable bonds is 5. The van der Waals surface area contributed by atoms with E-state index in [1.54, 1.807) is 19.2 Å². The van der Waals surface area contributed by atoms with Gasteiger partial charge < -0.3 is 9.47 Å². The van der Waals surface area contributed by atoms with Crippen molar-refractivity contribution in [3.8, 4) is 11.4 Å². The lowest BCUT2D eigenvalue weighted by Crippen LogP contribution is -2.23. The van der Waals surface area contributed by atoms with Crippen LogP contribution in [0.3, 0.4) is 0 Å². The van der Waals surface area contributed by atoms with Crippen molar-refractivity contribution in [2.24, 2.45) is 17.3 Å². The Hall–Kier alpha value is -3.82. The van der Waals surface area contributed by atoms with Crippen LogP contribution in [-0.2, 0) is 18.4 Å². The number of aryl methyl sites for hydroxylation is 2. The highest BCUT2D eigenvalue weighted by Crippen LogP contribution is 2.26. The van der Waals surface area contributed by atoms with E-state index >= 15 is 0 Å². The fraction of sp³-hybridized carbons (Fsp3) is 0.318. The maximum atomic E-state index is 13.5. The van der Waals surface area contributed by atoms with Crippen LogP contribution in [0.1, 0.15) is 36.5 Å². The lowest BCUT2D eigenvalue weighted by Gasteiger charge is -2.18. The first-order valence-corrected chi connectivity index (χ1v) is 10.2. The van der Waals surface area contributed by atoms with Crippen LogP contribution in [0.4, 0.5) is 4.39 Å². The molecule has 0 saturated carbocycles. The van der Waals surface area contributed by atoms with Crippen molar-refractivity contribution in [1.82, 2.24) is 19.8 Å². The van der Waals surface area contributed by atoms with Crippen molar-refractivity contribution in [3.63, 3.8) is 0 Å². The largest absolute Gasteiger partial charge is 0.492 e. The molecule has 166 valence electrons. The van der Waals surface area contributed by atoms with E-state index in [4.69, 9.17) is 9.47 Å². The SMILES string of the molecule is CCC(=NN=C1CCOc2cc(F)ccc21)OCc1c(C)cccc1-n1nnn(C)c1=O. The third-order valence-corrected chi connectivity index (χ3v) is 5.15. The normalized spacial score (nSPS) is 14.9. The molecule has 0 bridgehead atoms. The van der Waals surface area contributed by atoms with E-state index in [2.05, 4.69) is 20.6 Å². The number of halogens is 1. The number of benzene rings is 2. The molecule has 1 aromatic heterocycles. The van der Waals surface area contributed by atoms with Gasteiger partial charge in [-0.05, 0) is 41.1 Å². The van der Waals surface area contributed by atoms with Crippen molar-refractivity contribution in [2.45, 2.75) is 33.3 Å². The third kappa shape index (κ3) is 4.29. The lowest BCUT2D eigenvalue weighted by molar-refractivity contribution is 0.282. The molecule has 0 spiro atoms. The Kier molecular flexibility index (Phi) is 6.11. The number of hydrogen-bond donors (Lipinski definition) is 0. The zero-order valence-electron chi connectivity index (χ0n) is 18.1. The van der Waals surface area contributed by atoms with Gasteiger partial charge in [0.25, 0.3) is 0 Å². The molecule has 0 amide bonds. The Morgan fingerprint density at radius 2 is 2.12 bits per heavy atom. The summed E-state index contributed by atoms with van der Waals surface area (Å²) in [6.45, 7) is 4.45. The molecule has 0 N–H and O–H groups in total. The molecule has 0 radical (unpaired) electrons. The van der Waals surface area contributed by atoms with Gasteiger partial charge in [-0.1, -0.05) is 19.1 Å². The summed E-state index contributed by atoms with van der Waals surface area (Å²) in [6, 6.07) is 9.94. The summed E-state index contributed by atoms with van der Waals surface area (Å²) in [7, 11) is 1.54. The van der Waals surface area contributed by atoms with Crippen LogP contribution in [0, 0.1) is 12.7 Å². The minimum absolute atomic E-state index is 0.188. The average molecular weight is 438 g/mol. The second-order valence-electron chi connectivity index (χ2n) is 7.29. The molecule has 0 atom stereocenters. The topological polar surface area (TPSA) is 95.9 Å². The Bertz CT molecular complexity index is 1260. The van der Waals surface area contributed by atoms with E-state index in [1.165, 1.54) is 21.5 Å². The molecule has 2 heterocycles. The van der Waals surface area contributed by atoms with Crippen LogP contribution in [0.2, 0.25) is 0 Å². The van der Waals surface area contributed by atoms with Gasteiger partial charge in [0.1, 0.15) is 18.2 Å². The summed E-state index contributed by atoms with van der Waals surface area (Å²) >= 11 is 0. The fourth-order valence-electron chi connectivity index (χ4n) is 3.36. The smallest absolute Gasteiger partial charge is 0.368 e. The highest BCUT2D eigenvalue weighted by atomic mass is 19.1. The second-order valence-corrected chi connectivity index (χ2v) is 7.29. The second kappa shape index (κ2) is 9.13. The van der Waals surface area contributed by atoms with Gasteiger partial charge in [0.15, 0.2) is 0 Å². The van der Waals surface area contributed by atoms with Gasteiger partial charge in [-0.2, -0.15) is 14.5 Å². The molecule has 0 saturated heterocycles. The molecule has 9 nitrogen and oxygen atoms in total. The fourth-order valence-corrected chi connectivity index (χ4v) is 3.36. The Morgan fingerprint density at radius 3 is 2.88 bits per heavy atom. The maximum Gasteiger partial charge on any atom is 0.368 e. The highest BCUT2D eigenvalue weighted by Gasteiger charge is 2.18. The molecule has 2 aromatic carbocycles. The first kappa shape index (κ1) is 21.4. The first-order chi connectivity index (χ1) is 15.5. The van der Waals surface area contributed by atoms with E-state index in [0.717, 1.165) is 16.7 Å². The Balaban J connectivity index is 1.58. The van der Waals surface area contributed by atoms with Crippen molar-refractivity contribution in [3.05, 3.63) is 69.4 Å². The van der Waals surface area contributed by atoms with Crippen molar-refractivity contribution >= 4 is 11.6 Å². The monoisotopic (exact) mass is 438 g/mol. The predicted molar refractivity (Wildman–Crippen MR) is 117 cm³/mol. The van der Waals surface area contributed by atoms with E-state index in [0.29, 0.717) is 42.5 Å². The van der Waals surface area contributed by atoms with Gasteiger partial charge >= 0.3 is 5.69 Å². The molecular weight excluding hydrogens is 415 g/mol. The van der Waals surface area contributed by atoms with Gasteiger partial charge in [0.2, 0.25) is 5.90 Å². The van der Waals surface area contributed by atoms with Gasteiger partial charge in [0, 0.05) is 37.1 Å². The quantitative estimate of drug-likeness (QED) is 0.347. The Morgan fingerprint density at radius 1 is 1.28 bits per heavy atom. The van der Waals surface area contributed by atoms with E-state index in [1.807, 2.05) is 26.0 Å². The van der Waals surface area contributed by atoms with Gasteiger partial charge in [-0.3, -0.25) is 0 Å². The molecule has 32 heavy (non-hydrogen) atoms. The number of aromatic nitrogens is 4. The van der Waals surface area contributed by atoms with Crippen molar-refractivity contribution in [1.29, 1.82) is 0 Å².